The minimum Gasteiger partial charge on any atom is -0.366 e. The second-order valence-electron chi connectivity index (χ2n) is 3.78. The molecule has 0 saturated heterocycles. The quantitative estimate of drug-likeness (QED) is 0.838. The predicted octanol–water partition coefficient (Wildman–Crippen LogP) is 1.15. The Hall–Kier alpha value is -2.36. The van der Waals surface area contributed by atoms with Crippen molar-refractivity contribution in [2.75, 3.05) is 0 Å². The highest BCUT2D eigenvalue weighted by Gasteiger charge is 2.11. The molecule has 1 amide bonds. The van der Waals surface area contributed by atoms with Crippen molar-refractivity contribution in [1.29, 1.82) is 0 Å². The molecule has 0 unspecified atom stereocenters. The van der Waals surface area contributed by atoms with Crippen LogP contribution in [0.4, 0.5) is 0 Å². The second kappa shape index (κ2) is 4.25. The number of pyridine rings is 1. The van der Waals surface area contributed by atoms with Crippen molar-refractivity contribution in [2.24, 2.45) is 12.8 Å². The van der Waals surface area contributed by atoms with Gasteiger partial charge in [-0.1, -0.05) is 30.3 Å². The predicted molar refractivity (Wildman–Crippen MR) is 65.6 cm³/mol. The Kier molecular flexibility index (Phi) is 2.78. The minimum atomic E-state index is -0.542. The van der Waals surface area contributed by atoms with Gasteiger partial charge in [-0.05, 0) is 5.56 Å². The fourth-order valence-corrected chi connectivity index (χ4v) is 1.68. The number of hydrogen-bond donors (Lipinski definition) is 1. The Morgan fingerprint density at radius 1 is 1.24 bits per heavy atom. The zero-order valence-electron chi connectivity index (χ0n) is 9.38. The van der Waals surface area contributed by atoms with Gasteiger partial charge in [-0.3, -0.25) is 9.59 Å². The number of amides is 1. The molecule has 0 aliphatic heterocycles. The van der Waals surface area contributed by atoms with E-state index in [1.807, 2.05) is 30.3 Å². The third-order valence-corrected chi connectivity index (χ3v) is 2.58. The fraction of sp³-hybridized carbons (Fsp3) is 0.0769. The molecule has 0 radical (unpaired) electrons. The van der Waals surface area contributed by atoms with E-state index in [-0.39, 0.29) is 5.56 Å². The number of aromatic nitrogens is 1. The maximum absolute atomic E-state index is 11.6. The second-order valence-corrected chi connectivity index (χ2v) is 3.78. The lowest BCUT2D eigenvalue weighted by Crippen LogP contribution is -2.21. The molecule has 0 saturated carbocycles. The van der Waals surface area contributed by atoms with Gasteiger partial charge >= 0.3 is 0 Å². The van der Waals surface area contributed by atoms with Crippen molar-refractivity contribution >= 4 is 5.91 Å². The molecule has 86 valence electrons. The first kappa shape index (κ1) is 11.1. The Labute approximate surface area is 98.3 Å². The molecule has 0 fully saturated rings. The summed E-state index contributed by atoms with van der Waals surface area (Å²) in [7, 11) is 1.59. The van der Waals surface area contributed by atoms with Crippen molar-refractivity contribution < 1.29 is 4.79 Å². The van der Waals surface area contributed by atoms with Gasteiger partial charge in [0.1, 0.15) is 0 Å². The van der Waals surface area contributed by atoms with Crippen LogP contribution in [0, 0.1) is 0 Å². The summed E-state index contributed by atoms with van der Waals surface area (Å²) in [4.78, 5) is 23.0. The fourth-order valence-electron chi connectivity index (χ4n) is 1.68. The zero-order valence-corrected chi connectivity index (χ0v) is 9.38. The number of primary amides is 1. The first-order chi connectivity index (χ1) is 8.09. The van der Waals surface area contributed by atoms with E-state index in [9.17, 15) is 9.59 Å². The first-order valence-corrected chi connectivity index (χ1v) is 5.15. The van der Waals surface area contributed by atoms with Gasteiger partial charge in [0.15, 0.2) is 0 Å². The van der Waals surface area contributed by atoms with Crippen LogP contribution >= 0.6 is 0 Å². The van der Waals surface area contributed by atoms with Crippen LogP contribution in [0.5, 0.6) is 0 Å². The van der Waals surface area contributed by atoms with Gasteiger partial charge in [0.05, 0.1) is 5.56 Å². The molecule has 0 spiro atoms. The average molecular weight is 228 g/mol. The summed E-state index contributed by atoms with van der Waals surface area (Å²) in [5.41, 5.74) is 6.87. The van der Waals surface area contributed by atoms with Gasteiger partial charge in [0, 0.05) is 24.9 Å². The summed E-state index contributed by atoms with van der Waals surface area (Å²) in [6.45, 7) is 0. The van der Waals surface area contributed by atoms with Crippen LogP contribution < -0.4 is 11.3 Å². The lowest BCUT2D eigenvalue weighted by molar-refractivity contribution is 0.1000. The lowest BCUT2D eigenvalue weighted by atomic mass is 10.0. The molecule has 0 bridgehead atoms. The standard InChI is InChI=1S/C13H12N2O2/c1-15-8-11(13(14)17)10(7-12(15)16)9-5-3-2-4-6-9/h2-8H,1H3,(H2,14,17). The lowest BCUT2D eigenvalue weighted by Gasteiger charge is -2.08. The maximum atomic E-state index is 11.6. The summed E-state index contributed by atoms with van der Waals surface area (Å²) >= 11 is 0. The van der Waals surface area contributed by atoms with E-state index < -0.39 is 5.91 Å². The van der Waals surface area contributed by atoms with Crippen molar-refractivity contribution in [3.8, 4) is 11.1 Å². The van der Waals surface area contributed by atoms with Crippen LogP contribution in [0.15, 0.2) is 47.4 Å². The third kappa shape index (κ3) is 2.10. The molecule has 1 heterocycles. The van der Waals surface area contributed by atoms with E-state index in [4.69, 9.17) is 5.73 Å². The number of hydrogen-bond acceptors (Lipinski definition) is 2. The number of nitrogens with zero attached hydrogens (tertiary/aromatic N) is 1. The Bertz CT molecular complexity index is 615. The Balaban J connectivity index is 2.73. The summed E-state index contributed by atoms with van der Waals surface area (Å²) in [6.07, 6.45) is 1.47. The molecule has 0 aliphatic rings. The van der Waals surface area contributed by atoms with E-state index in [1.54, 1.807) is 7.05 Å². The van der Waals surface area contributed by atoms with Crippen LogP contribution in [0.3, 0.4) is 0 Å². The maximum Gasteiger partial charge on any atom is 0.250 e. The highest BCUT2D eigenvalue weighted by atomic mass is 16.1. The van der Waals surface area contributed by atoms with Crippen molar-refractivity contribution in [1.82, 2.24) is 4.57 Å². The molecule has 4 heteroatoms. The van der Waals surface area contributed by atoms with Crippen LogP contribution in [0.1, 0.15) is 10.4 Å². The Morgan fingerprint density at radius 2 is 1.88 bits per heavy atom. The highest BCUT2D eigenvalue weighted by molar-refractivity contribution is 5.99. The largest absolute Gasteiger partial charge is 0.366 e. The molecular weight excluding hydrogens is 216 g/mol. The zero-order chi connectivity index (χ0) is 12.4. The highest BCUT2D eigenvalue weighted by Crippen LogP contribution is 2.21. The molecule has 2 N–H and O–H groups in total. The van der Waals surface area contributed by atoms with Crippen molar-refractivity contribution in [3.63, 3.8) is 0 Å². The van der Waals surface area contributed by atoms with Gasteiger partial charge in [0.2, 0.25) is 0 Å². The summed E-state index contributed by atoms with van der Waals surface area (Å²) in [6, 6.07) is 10.7. The first-order valence-electron chi connectivity index (χ1n) is 5.15. The van der Waals surface area contributed by atoms with Crippen LogP contribution in [-0.4, -0.2) is 10.5 Å². The molecule has 17 heavy (non-hydrogen) atoms. The Morgan fingerprint density at radius 3 is 2.47 bits per heavy atom. The van der Waals surface area contributed by atoms with Gasteiger partial charge in [-0.15, -0.1) is 0 Å². The van der Waals surface area contributed by atoms with Crippen LogP contribution in [0.2, 0.25) is 0 Å². The van der Waals surface area contributed by atoms with Gasteiger partial charge in [0.25, 0.3) is 11.5 Å². The van der Waals surface area contributed by atoms with E-state index in [1.165, 1.54) is 16.8 Å². The van der Waals surface area contributed by atoms with Crippen molar-refractivity contribution in [3.05, 3.63) is 58.5 Å². The van der Waals surface area contributed by atoms with Crippen LogP contribution in [0.25, 0.3) is 11.1 Å². The summed E-state index contributed by atoms with van der Waals surface area (Å²) in [5.74, 6) is -0.542. The average Bonchev–Trinajstić information content (AvgIpc) is 2.33. The number of benzene rings is 1. The number of carbonyl (C=O) groups excluding carboxylic acids is 1. The monoisotopic (exact) mass is 228 g/mol. The number of aryl methyl sites for hydroxylation is 1. The minimum absolute atomic E-state index is 0.172. The number of carbonyl (C=O) groups is 1. The molecule has 1 aromatic heterocycles. The molecular formula is C13H12N2O2. The van der Waals surface area contributed by atoms with E-state index in [2.05, 4.69) is 0 Å². The van der Waals surface area contributed by atoms with E-state index in [0.717, 1.165) is 5.56 Å². The van der Waals surface area contributed by atoms with Crippen LogP contribution in [-0.2, 0) is 7.05 Å². The van der Waals surface area contributed by atoms with Gasteiger partial charge in [-0.25, -0.2) is 0 Å². The number of nitrogens with two attached hydrogens (primary N) is 1. The molecule has 0 atom stereocenters. The van der Waals surface area contributed by atoms with Gasteiger partial charge in [-0.2, -0.15) is 0 Å². The molecule has 1 aromatic carbocycles. The number of rotatable bonds is 2. The molecule has 2 rings (SSSR count). The van der Waals surface area contributed by atoms with E-state index >= 15 is 0 Å². The topological polar surface area (TPSA) is 65.1 Å². The summed E-state index contributed by atoms with van der Waals surface area (Å²) < 4.78 is 1.34. The van der Waals surface area contributed by atoms with E-state index in [0.29, 0.717) is 11.1 Å². The SMILES string of the molecule is Cn1cc(C(N)=O)c(-c2ccccc2)cc1=O. The molecule has 4 nitrogen and oxygen atoms in total. The van der Waals surface area contributed by atoms with Crippen molar-refractivity contribution in [2.45, 2.75) is 0 Å². The normalized spacial score (nSPS) is 10.2. The third-order valence-electron chi connectivity index (χ3n) is 2.58. The smallest absolute Gasteiger partial charge is 0.250 e. The summed E-state index contributed by atoms with van der Waals surface area (Å²) in [5, 5.41) is 0. The van der Waals surface area contributed by atoms with Gasteiger partial charge < -0.3 is 10.3 Å². The molecule has 2 aromatic rings. The molecule has 0 aliphatic carbocycles.